The summed E-state index contributed by atoms with van der Waals surface area (Å²) in [7, 11) is -3.01. The fourth-order valence-electron chi connectivity index (χ4n) is 5.43. The number of quaternary nitrogens is 1. The molecule has 6 nitrogen and oxygen atoms in total. The molecule has 2 fully saturated rings. The molecule has 0 spiro atoms. The molecule has 0 radical (unpaired) electrons. The predicted molar refractivity (Wildman–Crippen MR) is 121 cm³/mol. The van der Waals surface area contributed by atoms with Gasteiger partial charge in [-0.25, -0.2) is 4.67 Å². The Kier molecular flexibility index (Phi) is 5.39. The normalized spacial score (nSPS) is 30.3. The molecule has 0 bridgehead atoms. The van der Waals surface area contributed by atoms with Gasteiger partial charge < -0.3 is 9.64 Å². The molecule has 5 rings (SSSR count). The number of rotatable bonds is 3. The van der Waals surface area contributed by atoms with E-state index in [-0.39, 0.29) is 5.41 Å². The van der Waals surface area contributed by atoms with Gasteiger partial charge in [-0.1, -0.05) is 38.5 Å². The molecule has 7 heteroatoms. The first-order valence-electron chi connectivity index (χ1n) is 11.4. The van der Waals surface area contributed by atoms with Gasteiger partial charge in [0.25, 0.3) is 7.44 Å². The maximum Gasteiger partial charge on any atom is 0.296 e. The van der Waals surface area contributed by atoms with Gasteiger partial charge >= 0.3 is 0 Å². The first kappa shape index (κ1) is 20.4. The van der Waals surface area contributed by atoms with Gasteiger partial charge in [0.2, 0.25) is 0 Å². The van der Waals surface area contributed by atoms with Gasteiger partial charge in [0.15, 0.2) is 0 Å². The average Bonchev–Trinajstić information content (AvgIpc) is 3.07. The van der Waals surface area contributed by atoms with Gasteiger partial charge in [-0.15, -0.1) is 0 Å². The highest BCUT2D eigenvalue weighted by molar-refractivity contribution is 7.69. The summed E-state index contributed by atoms with van der Waals surface area (Å²) in [5.74, 6) is 0. The summed E-state index contributed by atoms with van der Waals surface area (Å²) in [5, 5.41) is 6.17. The number of para-hydroxylation sites is 1. The van der Waals surface area contributed by atoms with Crippen molar-refractivity contribution < 1.29 is 14.2 Å². The Morgan fingerprint density at radius 3 is 2.43 bits per heavy atom. The smallest absolute Gasteiger partial charge is 0.296 e. The second kappa shape index (κ2) is 7.90. The number of allylic oxidation sites excluding steroid dienone is 2. The van der Waals surface area contributed by atoms with Gasteiger partial charge in [-0.2, -0.15) is 9.88 Å². The van der Waals surface area contributed by atoms with Crippen molar-refractivity contribution in [3.05, 3.63) is 41.3 Å². The van der Waals surface area contributed by atoms with Crippen LogP contribution in [0.3, 0.4) is 0 Å². The standard InChI is InChI=1S/C23H33N4O2P/c1-23(2)17-20-22(21(18-23)25-13-15-29-16-14-25)30(28,26-11-7-4-8-12-26)27(24-20)19-9-5-3-6-10-19/h3,5-6,9-10H,4,7-8,11-18H2,1-2H3/p+1/t30-/m1/s1. The van der Waals surface area contributed by atoms with E-state index in [1.807, 2.05) is 35.1 Å². The number of anilines is 1. The topological polar surface area (TPSA) is 49.6 Å². The maximum atomic E-state index is 15.2. The maximum absolute atomic E-state index is 15.2. The van der Waals surface area contributed by atoms with Gasteiger partial charge in [-0.3, -0.25) is 4.57 Å². The molecule has 2 saturated heterocycles. The number of nitrogens with zero attached hydrogens (tertiary/aromatic N) is 3. The molecule has 0 aromatic heterocycles. The molecule has 1 N–H and O–H groups in total. The van der Waals surface area contributed by atoms with E-state index in [0.717, 1.165) is 81.8 Å². The lowest BCUT2D eigenvalue weighted by Crippen LogP contribution is -3.12. The number of nitrogens with one attached hydrogen (secondary N) is 1. The summed E-state index contributed by atoms with van der Waals surface area (Å²) in [5.41, 5.74) is 3.45. The lowest BCUT2D eigenvalue weighted by molar-refractivity contribution is -0.871. The minimum atomic E-state index is -3.01. The van der Waals surface area contributed by atoms with Crippen LogP contribution < -0.4 is 9.68 Å². The summed E-state index contributed by atoms with van der Waals surface area (Å²) >= 11 is 0. The zero-order valence-electron chi connectivity index (χ0n) is 18.3. The van der Waals surface area contributed by atoms with Crippen molar-refractivity contribution in [2.24, 2.45) is 10.5 Å². The zero-order valence-corrected chi connectivity index (χ0v) is 19.2. The van der Waals surface area contributed by atoms with Crippen LogP contribution in [-0.4, -0.2) is 49.8 Å². The van der Waals surface area contributed by atoms with Crippen molar-refractivity contribution in [2.75, 3.05) is 44.2 Å². The van der Waals surface area contributed by atoms with Crippen LogP contribution in [0.1, 0.15) is 46.0 Å². The largest absolute Gasteiger partial charge is 0.370 e. The Morgan fingerprint density at radius 1 is 1.03 bits per heavy atom. The summed E-state index contributed by atoms with van der Waals surface area (Å²) in [6, 6.07) is 10.1. The fraction of sp³-hybridized carbons (Fsp3) is 0.609. The molecule has 1 atom stereocenters. The molecular weight excluding hydrogens is 395 g/mol. The van der Waals surface area contributed by atoms with E-state index in [9.17, 15) is 0 Å². The van der Waals surface area contributed by atoms with E-state index in [1.165, 1.54) is 17.0 Å². The molecule has 30 heavy (non-hydrogen) atoms. The molecule has 1 aromatic rings. The fourth-order valence-corrected chi connectivity index (χ4v) is 8.69. The highest BCUT2D eigenvalue weighted by Gasteiger charge is 2.55. The molecule has 1 aliphatic carbocycles. The van der Waals surface area contributed by atoms with Gasteiger partial charge in [0.1, 0.15) is 24.1 Å². The van der Waals surface area contributed by atoms with Gasteiger partial charge in [0, 0.05) is 19.5 Å². The highest BCUT2D eigenvalue weighted by Crippen LogP contribution is 2.68. The van der Waals surface area contributed by atoms with E-state index < -0.39 is 7.44 Å². The lowest BCUT2D eigenvalue weighted by atomic mass is 9.78. The van der Waals surface area contributed by atoms with E-state index in [1.54, 1.807) is 0 Å². The third-order valence-corrected chi connectivity index (χ3v) is 9.96. The van der Waals surface area contributed by atoms with Crippen LogP contribution in [0.5, 0.6) is 0 Å². The van der Waals surface area contributed by atoms with Crippen molar-refractivity contribution in [3.63, 3.8) is 0 Å². The van der Waals surface area contributed by atoms with Crippen LogP contribution in [0.15, 0.2) is 46.4 Å². The van der Waals surface area contributed by atoms with Crippen LogP contribution >= 0.6 is 7.44 Å². The Labute approximate surface area is 180 Å². The van der Waals surface area contributed by atoms with Crippen LogP contribution in [0, 0.1) is 5.41 Å². The zero-order chi connectivity index (χ0) is 20.8. The van der Waals surface area contributed by atoms with Crippen molar-refractivity contribution in [1.29, 1.82) is 0 Å². The second-order valence-corrected chi connectivity index (χ2v) is 12.3. The number of fused-ring (bicyclic) bond motifs is 1. The molecule has 0 amide bonds. The quantitative estimate of drug-likeness (QED) is 0.748. The molecule has 3 heterocycles. The average molecular weight is 430 g/mol. The molecule has 3 aliphatic heterocycles. The number of morpholine rings is 1. The third kappa shape index (κ3) is 3.48. The lowest BCUT2D eigenvalue weighted by Gasteiger charge is -2.40. The van der Waals surface area contributed by atoms with Crippen molar-refractivity contribution in [3.8, 4) is 0 Å². The molecule has 1 aromatic carbocycles. The Balaban J connectivity index is 1.68. The van der Waals surface area contributed by atoms with Crippen molar-refractivity contribution >= 4 is 18.8 Å². The van der Waals surface area contributed by atoms with Crippen molar-refractivity contribution in [1.82, 2.24) is 4.67 Å². The molecule has 162 valence electrons. The first-order valence-corrected chi connectivity index (χ1v) is 13.1. The van der Waals surface area contributed by atoms with E-state index in [2.05, 4.69) is 18.5 Å². The molecule has 4 aliphatic rings. The minimum absolute atomic E-state index is 0.127. The summed E-state index contributed by atoms with van der Waals surface area (Å²) in [6.07, 6.45) is 5.32. The Hall–Kier alpha value is -1.46. The Bertz CT molecular complexity index is 899. The van der Waals surface area contributed by atoms with Gasteiger partial charge in [0.05, 0.1) is 24.6 Å². The number of hydrogen-bond acceptors (Lipinski definition) is 3. The second-order valence-electron chi connectivity index (χ2n) is 9.79. The van der Waals surface area contributed by atoms with Crippen LogP contribution in [0.2, 0.25) is 0 Å². The summed E-state index contributed by atoms with van der Waals surface area (Å²) < 4.78 is 25.0. The highest BCUT2D eigenvalue weighted by atomic mass is 31.2. The third-order valence-electron chi connectivity index (χ3n) is 6.85. The monoisotopic (exact) mass is 429 g/mol. The van der Waals surface area contributed by atoms with Crippen molar-refractivity contribution in [2.45, 2.75) is 46.0 Å². The first-order chi connectivity index (χ1) is 14.5. The number of piperidine rings is 1. The van der Waals surface area contributed by atoms with E-state index in [0.29, 0.717) is 0 Å². The molecule has 0 saturated carbocycles. The molecule has 0 unspecified atom stereocenters. The predicted octanol–water partition coefficient (Wildman–Crippen LogP) is 3.49. The van der Waals surface area contributed by atoms with E-state index >= 15 is 4.57 Å². The number of benzene rings is 1. The summed E-state index contributed by atoms with van der Waals surface area (Å²) in [4.78, 5) is 1.45. The van der Waals surface area contributed by atoms with Crippen LogP contribution in [0.4, 0.5) is 5.69 Å². The minimum Gasteiger partial charge on any atom is -0.370 e. The molecular formula is C23H34N4O2P+. The number of hydrazone groups is 1. The van der Waals surface area contributed by atoms with Gasteiger partial charge in [-0.05, 0) is 36.8 Å². The van der Waals surface area contributed by atoms with Crippen LogP contribution in [-0.2, 0) is 9.30 Å². The van der Waals surface area contributed by atoms with Crippen LogP contribution in [0.25, 0.3) is 0 Å². The SMILES string of the molecule is CC1(C)CC2=NN(c3ccccc3)[P@](=O)(N3CCCCC3)C2=C([NH+]2CCOCC2)C1. The summed E-state index contributed by atoms with van der Waals surface area (Å²) in [6.45, 7) is 9.88. The van der Waals surface area contributed by atoms with E-state index in [4.69, 9.17) is 9.84 Å². The number of hydrogen-bond donors (Lipinski definition) is 1. The Morgan fingerprint density at radius 2 is 1.73 bits per heavy atom. The number of ether oxygens (including phenoxy) is 1.